The predicted octanol–water partition coefficient (Wildman–Crippen LogP) is -0.107. The fourth-order valence-electron chi connectivity index (χ4n) is 4.40. The third-order valence-electron chi connectivity index (χ3n) is 5.97. The van der Waals surface area contributed by atoms with Gasteiger partial charge in [-0.05, 0) is 37.8 Å². The molecule has 1 saturated heterocycles. The second-order valence-corrected chi connectivity index (χ2v) is 7.68. The molecule has 1 saturated carbocycles. The van der Waals surface area contributed by atoms with Crippen molar-refractivity contribution in [1.82, 2.24) is 14.5 Å². The summed E-state index contributed by atoms with van der Waals surface area (Å²) in [5.74, 6) is -0.398. The Balaban J connectivity index is 1.76. The number of aromatic nitrogens is 2. The fourth-order valence-corrected chi connectivity index (χ4v) is 4.40. The molecule has 1 aromatic heterocycles. The normalized spacial score (nSPS) is 29.5. The quantitative estimate of drug-likeness (QED) is 0.657. The second-order valence-electron chi connectivity index (χ2n) is 7.68. The first-order chi connectivity index (χ1) is 13.0. The van der Waals surface area contributed by atoms with Crippen LogP contribution in [0.3, 0.4) is 0 Å². The fraction of sp³-hybridized carbons (Fsp3) is 0.667. The van der Waals surface area contributed by atoms with E-state index >= 15 is 4.39 Å². The molecule has 2 fully saturated rings. The third-order valence-corrected chi connectivity index (χ3v) is 5.97. The Morgan fingerprint density at radius 2 is 2.15 bits per heavy atom. The van der Waals surface area contributed by atoms with E-state index in [1.165, 1.54) is 13.2 Å². The molecule has 0 aromatic carbocycles. The standard InChI is InChI=1S/C18H25FN4O4/c1-27-16-14-11(17(25)21-18(26)23(14)10-2-3-10)6-12(19)15(16)22-5-4-9(7-22)13(20)8-24/h6,9-10,13,15-16,24H,2-5,7-8,20H2,1H3,(H,21,25,26). The number of ether oxygens (including phenoxy) is 1. The van der Waals surface area contributed by atoms with E-state index in [-0.39, 0.29) is 30.2 Å². The Morgan fingerprint density at radius 3 is 2.78 bits per heavy atom. The van der Waals surface area contributed by atoms with Gasteiger partial charge < -0.3 is 15.6 Å². The second kappa shape index (κ2) is 6.97. The van der Waals surface area contributed by atoms with E-state index in [1.807, 2.05) is 4.90 Å². The number of hydrogen-bond donors (Lipinski definition) is 3. The van der Waals surface area contributed by atoms with Crippen molar-refractivity contribution in [1.29, 1.82) is 0 Å². The number of aliphatic hydroxyl groups is 1. The molecule has 148 valence electrons. The van der Waals surface area contributed by atoms with E-state index in [4.69, 9.17) is 10.5 Å². The number of H-pyrrole nitrogens is 1. The summed E-state index contributed by atoms with van der Waals surface area (Å²) in [6.07, 6.45) is 2.92. The molecule has 0 amide bonds. The molecule has 9 heteroatoms. The minimum absolute atomic E-state index is 0.0186. The number of nitrogens with one attached hydrogen (secondary N) is 1. The van der Waals surface area contributed by atoms with Gasteiger partial charge in [-0.15, -0.1) is 0 Å². The summed E-state index contributed by atoms with van der Waals surface area (Å²) >= 11 is 0. The van der Waals surface area contributed by atoms with Gasteiger partial charge in [-0.25, -0.2) is 9.18 Å². The third kappa shape index (κ3) is 3.08. The molecule has 27 heavy (non-hydrogen) atoms. The van der Waals surface area contributed by atoms with Gasteiger partial charge in [0.05, 0.1) is 23.9 Å². The molecule has 4 N–H and O–H groups in total. The van der Waals surface area contributed by atoms with Gasteiger partial charge in [-0.2, -0.15) is 0 Å². The Morgan fingerprint density at radius 1 is 1.41 bits per heavy atom. The number of hydrogen-bond acceptors (Lipinski definition) is 6. The van der Waals surface area contributed by atoms with Crippen molar-refractivity contribution >= 4 is 6.08 Å². The van der Waals surface area contributed by atoms with Crippen LogP contribution in [-0.4, -0.2) is 58.4 Å². The lowest BCUT2D eigenvalue weighted by molar-refractivity contribution is 0.0182. The molecule has 8 nitrogen and oxygen atoms in total. The van der Waals surface area contributed by atoms with Crippen LogP contribution >= 0.6 is 0 Å². The minimum Gasteiger partial charge on any atom is -0.395 e. The summed E-state index contributed by atoms with van der Waals surface area (Å²) in [7, 11) is 1.47. The smallest absolute Gasteiger partial charge is 0.328 e. The molecule has 1 aliphatic heterocycles. The molecule has 0 bridgehead atoms. The predicted molar refractivity (Wildman–Crippen MR) is 97.0 cm³/mol. The zero-order chi connectivity index (χ0) is 19.3. The van der Waals surface area contributed by atoms with Crippen LogP contribution in [0.1, 0.15) is 42.7 Å². The van der Waals surface area contributed by atoms with Gasteiger partial charge in [0.25, 0.3) is 5.56 Å². The number of nitrogens with two attached hydrogens (primary N) is 1. The van der Waals surface area contributed by atoms with Gasteiger partial charge in [-0.1, -0.05) is 0 Å². The largest absolute Gasteiger partial charge is 0.395 e. The number of likely N-dealkylation sites (tertiary alicyclic amines) is 1. The van der Waals surface area contributed by atoms with Crippen molar-refractivity contribution in [3.8, 4) is 0 Å². The van der Waals surface area contributed by atoms with Crippen LogP contribution < -0.4 is 17.0 Å². The molecule has 4 rings (SSSR count). The van der Waals surface area contributed by atoms with Gasteiger partial charge >= 0.3 is 5.69 Å². The summed E-state index contributed by atoms with van der Waals surface area (Å²) < 4.78 is 22.3. The SMILES string of the molecule is COC1c2c(c(=O)[nH]c(=O)n2C2CC2)C=C(F)C1N1CCC(C(N)CO)C1. The van der Waals surface area contributed by atoms with E-state index < -0.39 is 29.2 Å². The first-order valence-electron chi connectivity index (χ1n) is 9.35. The maximum atomic E-state index is 15.1. The molecule has 1 aromatic rings. The van der Waals surface area contributed by atoms with Crippen LogP contribution in [0.25, 0.3) is 6.08 Å². The lowest BCUT2D eigenvalue weighted by Crippen LogP contribution is -2.46. The van der Waals surface area contributed by atoms with Crippen LogP contribution in [0.5, 0.6) is 0 Å². The van der Waals surface area contributed by atoms with E-state index in [2.05, 4.69) is 4.98 Å². The van der Waals surface area contributed by atoms with Crippen molar-refractivity contribution in [3.63, 3.8) is 0 Å². The summed E-state index contributed by atoms with van der Waals surface area (Å²) in [5.41, 5.74) is 5.50. The molecule has 2 aliphatic carbocycles. The first kappa shape index (κ1) is 18.5. The van der Waals surface area contributed by atoms with Crippen LogP contribution in [0.2, 0.25) is 0 Å². The van der Waals surface area contributed by atoms with Gasteiger partial charge in [0.15, 0.2) is 0 Å². The van der Waals surface area contributed by atoms with Crippen molar-refractivity contribution in [2.75, 3.05) is 26.8 Å². The number of aromatic amines is 1. The Kier molecular flexibility index (Phi) is 4.79. The number of aliphatic hydroxyl groups excluding tert-OH is 1. The van der Waals surface area contributed by atoms with Crippen LogP contribution in [0.4, 0.5) is 4.39 Å². The van der Waals surface area contributed by atoms with Crippen molar-refractivity contribution < 1.29 is 14.2 Å². The van der Waals surface area contributed by atoms with Gasteiger partial charge in [0.1, 0.15) is 11.9 Å². The van der Waals surface area contributed by atoms with E-state index in [9.17, 15) is 14.7 Å². The highest BCUT2D eigenvalue weighted by Gasteiger charge is 2.44. The average molecular weight is 380 g/mol. The highest BCUT2D eigenvalue weighted by atomic mass is 19.1. The number of fused-ring (bicyclic) bond motifs is 1. The highest BCUT2D eigenvalue weighted by Crippen LogP contribution is 2.42. The molecule has 2 heterocycles. The number of halogens is 1. The topological polar surface area (TPSA) is 114 Å². The zero-order valence-corrected chi connectivity index (χ0v) is 15.2. The Bertz CT molecular complexity index is 875. The molecule has 0 radical (unpaired) electrons. The number of nitrogens with zero attached hydrogens (tertiary/aromatic N) is 2. The molecule has 3 aliphatic rings. The Labute approximate surface area is 155 Å². The highest BCUT2D eigenvalue weighted by molar-refractivity contribution is 5.58. The van der Waals surface area contributed by atoms with Gasteiger partial charge in [0, 0.05) is 25.7 Å². The molecular weight excluding hydrogens is 355 g/mol. The van der Waals surface area contributed by atoms with Crippen LogP contribution in [0, 0.1) is 5.92 Å². The van der Waals surface area contributed by atoms with E-state index in [0.717, 1.165) is 19.3 Å². The number of rotatable bonds is 5. The number of methoxy groups -OCH3 is 1. The summed E-state index contributed by atoms with van der Waals surface area (Å²) in [6.45, 7) is 1.02. The average Bonchev–Trinajstić information content (AvgIpc) is 3.36. The lowest BCUT2D eigenvalue weighted by Gasteiger charge is -2.37. The zero-order valence-electron chi connectivity index (χ0n) is 15.2. The summed E-state index contributed by atoms with van der Waals surface area (Å²) in [4.78, 5) is 29.0. The van der Waals surface area contributed by atoms with Crippen molar-refractivity contribution in [2.24, 2.45) is 11.7 Å². The van der Waals surface area contributed by atoms with E-state index in [1.54, 1.807) is 4.57 Å². The first-order valence-corrected chi connectivity index (χ1v) is 9.35. The molecular formula is C18H25FN4O4. The van der Waals surface area contributed by atoms with E-state index in [0.29, 0.717) is 18.8 Å². The van der Waals surface area contributed by atoms with Crippen LogP contribution in [0.15, 0.2) is 15.4 Å². The Hall–Kier alpha value is -1.81. The molecule has 4 atom stereocenters. The monoisotopic (exact) mass is 380 g/mol. The summed E-state index contributed by atoms with van der Waals surface area (Å²) in [5, 5.41) is 9.31. The lowest BCUT2D eigenvalue weighted by atomic mass is 9.93. The van der Waals surface area contributed by atoms with Crippen molar-refractivity contribution in [3.05, 3.63) is 37.9 Å². The van der Waals surface area contributed by atoms with Gasteiger partial charge in [0.2, 0.25) is 0 Å². The summed E-state index contributed by atoms with van der Waals surface area (Å²) in [6, 6.07) is -1.05. The minimum atomic E-state index is -0.760. The van der Waals surface area contributed by atoms with Gasteiger partial charge in [-0.3, -0.25) is 19.2 Å². The maximum Gasteiger partial charge on any atom is 0.328 e. The van der Waals surface area contributed by atoms with Crippen molar-refractivity contribution in [2.45, 2.75) is 43.5 Å². The van der Waals surface area contributed by atoms with Crippen LogP contribution in [-0.2, 0) is 4.74 Å². The molecule has 4 unspecified atom stereocenters. The maximum absolute atomic E-state index is 15.1. The molecule has 0 spiro atoms.